The van der Waals surface area contributed by atoms with Gasteiger partial charge in [0.25, 0.3) is 0 Å². The Morgan fingerprint density at radius 2 is 1.36 bits per heavy atom. The summed E-state index contributed by atoms with van der Waals surface area (Å²) in [6, 6.07) is 12.3. The molecule has 36 heavy (non-hydrogen) atoms. The summed E-state index contributed by atoms with van der Waals surface area (Å²) in [5, 5.41) is 0. The van der Waals surface area contributed by atoms with Crippen LogP contribution in [-0.2, 0) is 11.0 Å². The molecule has 192 valence electrons. The highest BCUT2D eigenvalue weighted by Crippen LogP contribution is 2.37. The molecule has 0 aromatic heterocycles. The van der Waals surface area contributed by atoms with Crippen molar-refractivity contribution in [3.63, 3.8) is 0 Å². The lowest BCUT2D eigenvalue weighted by Gasteiger charge is -2.20. The van der Waals surface area contributed by atoms with Gasteiger partial charge in [-0.3, -0.25) is 4.79 Å². The highest BCUT2D eigenvalue weighted by Gasteiger charge is 2.32. The van der Waals surface area contributed by atoms with E-state index in [1.54, 1.807) is 18.2 Å². The molecule has 0 bridgehead atoms. The fraction of sp³-hybridized carbons (Fsp3) is 0.296. The van der Waals surface area contributed by atoms with Crippen molar-refractivity contribution in [2.75, 3.05) is 0 Å². The van der Waals surface area contributed by atoms with E-state index in [1.165, 1.54) is 25.1 Å². The van der Waals surface area contributed by atoms with E-state index in [-0.39, 0.29) is 17.3 Å². The smallest absolute Gasteiger partial charge is 0.403 e. The second-order valence-corrected chi connectivity index (χ2v) is 8.90. The van der Waals surface area contributed by atoms with Gasteiger partial charge < -0.3 is 4.74 Å². The lowest BCUT2D eigenvalue weighted by molar-refractivity contribution is -0.275. The van der Waals surface area contributed by atoms with Crippen LogP contribution in [0.5, 0.6) is 5.75 Å². The van der Waals surface area contributed by atoms with Gasteiger partial charge in [-0.15, -0.1) is 13.2 Å². The van der Waals surface area contributed by atoms with Gasteiger partial charge >= 0.3 is 12.5 Å². The largest absolute Gasteiger partial charge is 0.573 e. The predicted octanol–water partition coefficient (Wildman–Crippen LogP) is 8.80. The first kappa shape index (κ1) is 27.2. The molecule has 0 fully saturated rings. The Hall–Kier alpha value is -3.36. The first-order valence-corrected chi connectivity index (χ1v) is 11.0. The van der Waals surface area contributed by atoms with E-state index in [2.05, 4.69) is 4.74 Å². The van der Waals surface area contributed by atoms with Crippen LogP contribution in [-0.4, -0.2) is 12.1 Å². The summed E-state index contributed by atoms with van der Waals surface area (Å²) in [5.41, 5.74) is 1.24. The maximum absolute atomic E-state index is 14.4. The SMILES string of the molecule is CC(=O)C(CC(C)C)c1cc(-c2ccc(C(F)(F)F)cc2)cc(-c2ccc(OC(F)(F)F)c(F)c2)c1. The summed E-state index contributed by atoms with van der Waals surface area (Å²) in [4.78, 5) is 12.5. The summed E-state index contributed by atoms with van der Waals surface area (Å²) in [7, 11) is 0. The fourth-order valence-corrected chi connectivity index (χ4v) is 3.93. The molecular formula is C27H23F7O2. The number of ketones is 1. The summed E-state index contributed by atoms with van der Waals surface area (Å²) in [5.74, 6) is -2.74. The van der Waals surface area contributed by atoms with Gasteiger partial charge in [-0.25, -0.2) is 4.39 Å². The van der Waals surface area contributed by atoms with Gasteiger partial charge in [-0.2, -0.15) is 13.2 Å². The van der Waals surface area contributed by atoms with Crippen molar-refractivity contribution in [1.29, 1.82) is 0 Å². The van der Waals surface area contributed by atoms with Crippen LogP contribution in [0.1, 0.15) is 44.2 Å². The number of carbonyl (C=O) groups is 1. The Labute approximate surface area is 203 Å². The molecule has 0 aliphatic carbocycles. The van der Waals surface area contributed by atoms with Crippen LogP contribution in [0.15, 0.2) is 60.7 Å². The second-order valence-electron chi connectivity index (χ2n) is 8.90. The molecule has 3 aromatic rings. The molecule has 3 rings (SSSR count). The average Bonchev–Trinajstić information content (AvgIpc) is 2.77. The Bertz CT molecular complexity index is 1230. The highest BCUT2D eigenvalue weighted by atomic mass is 19.4. The lowest BCUT2D eigenvalue weighted by Crippen LogP contribution is -2.17. The molecular weight excluding hydrogens is 489 g/mol. The molecule has 0 aliphatic rings. The summed E-state index contributed by atoms with van der Waals surface area (Å²) >= 11 is 0. The lowest BCUT2D eigenvalue weighted by atomic mass is 9.84. The normalized spacial score (nSPS) is 13.1. The van der Waals surface area contributed by atoms with Crippen LogP contribution in [0.25, 0.3) is 22.3 Å². The molecule has 0 aliphatic heterocycles. The van der Waals surface area contributed by atoms with Gasteiger partial charge in [-0.1, -0.05) is 44.2 Å². The highest BCUT2D eigenvalue weighted by molar-refractivity contribution is 5.85. The molecule has 0 N–H and O–H groups in total. The Morgan fingerprint density at radius 3 is 1.83 bits per heavy atom. The number of alkyl halides is 6. The summed E-state index contributed by atoms with van der Waals surface area (Å²) < 4.78 is 94.7. The minimum atomic E-state index is -5.07. The first-order valence-electron chi connectivity index (χ1n) is 11.0. The maximum Gasteiger partial charge on any atom is 0.573 e. The third kappa shape index (κ3) is 6.86. The molecule has 0 radical (unpaired) electrons. The number of carbonyl (C=O) groups excluding carboxylic acids is 1. The Kier molecular flexibility index (Phi) is 7.81. The monoisotopic (exact) mass is 512 g/mol. The quantitative estimate of drug-likeness (QED) is 0.296. The zero-order chi connectivity index (χ0) is 26.8. The zero-order valence-corrected chi connectivity index (χ0v) is 19.6. The average molecular weight is 512 g/mol. The minimum Gasteiger partial charge on any atom is -0.403 e. The van der Waals surface area contributed by atoms with Crippen LogP contribution in [0, 0.1) is 11.7 Å². The standard InChI is InChI=1S/C27H23F7O2/c1-15(2)10-23(16(3)35)21-12-19(17-4-7-22(8-5-17)26(29,30)31)11-20(13-21)18-6-9-25(24(28)14-18)36-27(32,33)34/h4-9,11-15,23H,10H2,1-3H3. The molecule has 0 amide bonds. The number of Topliss-reactive ketones (excluding diaryl/α,β-unsaturated/α-hetero) is 1. The van der Waals surface area contributed by atoms with Crippen molar-refractivity contribution in [2.24, 2.45) is 5.92 Å². The van der Waals surface area contributed by atoms with Crippen LogP contribution in [0.2, 0.25) is 0 Å². The molecule has 0 heterocycles. The van der Waals surface area contributed by atoms with E-state index in [1.807, 2.05) is 13.8 Å². The van der Waals surface area contributed by atoms with Gasteiger partial charge in [0, 0.05) is 5.92 Å². The molecule has 3 aromatic carbocycles. The van der Waals surface area contributed by atoms with Crippen LogP contribution in [0.3, 0.4) is 0 Å². The van der Waals surface area contributed by atoms with Crippen LogP contribution >= 0.6 is 0 Å². The van der Waals surface area contributed by atoms with Gasteiger partial charge in [0.15, 0.2) is 11.6 Å². The van der Waals surface area contributed by atoms with E-state index in [4.69, 9.17) is 0 Å². The molecule has 0 spiro atoms. The molecule has 2 nitrogen and oxygen atoms in total. The van der Waals surface area contributed by atoms with E-state index in [0.717, 1.165) is 24.3 Å². The second kappa shape index (κ2) is 10.3. The molecule has 0 saturated heterocycles. The Balaban J connectivity index is 2.15. The van der Waals surface area contributed by atoms with Gasteiger partial charge in [-0.05, 0) is 77.4 Å². The van der Waals surface area contributed by atoms with E-state index in [0.29, 0.717) is 28.7 Å². The van der Waals surface area contributed by atoms with Gasteiger partial charge in [0.1, 0.15) is 5.78 Å². The van der Waals surface area contributed by atoms with Gasteiger partial charge in [0.05, 0.1) is 5.56 Å². The molecule has 9 heteroatoms. The zero-order valence-electron chi connectivity index (χ0n) is 19.6. The van der Waals surface area contributed by atoms with E-state index >= 15 is 0 Å². The number of halogens is 7. The van der Waals surface area contributed by atoms with Crippen LogP contribution in [0.4, 0.5) is 30.7 Å². The van der Waals surface area contributed by atoms with Crippen molar-refractivity contribution in [1.82, 2.24) is 0 Å². The number of rotatable bonds is 7. The van der Waals surface area contributed by atoms with E-state index in [9.17, 15) is 35.5 Å². The van der Waals surface area contributed by atoms with Crippen LogP contribution < -0.4 is 4.74 Å². The third-order valence-corrected chi connectivity index (χ3v) is 5.59. The molecule has 1 unspecified atom stereocenters. The number of benzene rings is 3. The third-order valence-electron chi connectivity index (χ3n) is 5.59. The minimum absolute atomic E-state index is 0.126. The van der Waals surface area contributed by atoms with Crippen molar-refractivity contribution < 1.29 is 40.3 Å². The number of hydrogen-bond donors (Lipinski definition) is 0. The van der Waals surface area contributed by atoms with Gasteiger partial charge in [0.2, 0.25) is 0 Å². The molecule has 1 atom stereocenters. The fourth-order valence-electron chi connectivity index (χ4n) is 3.93. The van der Waals surface area contributed by atoms with Crippen molar-refractivity contribution >= 4 is 5.78 Å². The topological polar surface area (TPSA) is 26.3 Å². The first-order chi connectivity index (χ1) is 16.6. The number of hydrogen-bond acceptors (Lipinski definition) is 2. The summed E-state index contributed by atoms with van der Waals surface area (Å²) in [6.07, 6.45) is -9.08. The maximum atomic E-state index is 14.4. The van der Waals surface area contributed by atoms with Crippen molar-refractivity contribution in [3.05, 3.63) is 77.6 Å². The van der Waals surface area contributed by atoms with E-state index < -0.39 is 35.6 Å². The van der Waals surface area contributed by atoms with Crippen molar-refractivity contribution in [3.8, 4) is 28.0 Å². The number of ether oxygens (including phenoxy) is 1. The molecule has 0 saturated carbocycles. The van der Waals surface area contributed by atoms with Crippen molar-refractivity contribution in [2.45, 2.75) is 45.6 Å². The Morgan fingerprint density at radius 1 is 0.806 bits per heavy atom. The predicted molar refractivity (Wildman–Crippen MR) is 122 cm³/mol. The summed E-state index contributed by atoms with van der Waals surface area (Å²) in [6.45, 7) is 5.30.